The van der Waals surface area contributed by atoms with Crippen molar-refractivity contribution in [2.75, 3.05) is 9.80 Å². The standard InChI is InChI=1S/C48H34N2S2/c1-5-13-33(14-6-1)34-21-27-45-43(29-34)44-30-38(24-28-46(44)51-45)50(37-19-11-4-12-20-37)40-23-26-42-41-25-22-39(31-47(41)52-48(42)32-40)49(35-15-7-2-8-16-35)36-17-9-3-10-18-36/h1-21,23-24,26-32H,22,25H2. The normalized spacial score (nSPS) is 12.6. The SMILES string of the molecule is C1=C(N(c2ccccc2)c2ccccc2)CCc2c1sc1cc(N(c3ccccc3)c3ccc4sc5ccc(-c6ccccc6)cc5c4c3)ccc21. The molecule has 0 amide bonds. The minimum absolute atomic E-state index is 0.987. The molecular formula is C48H34N2S2. The Hall–Kier alpha value is -5.94. The molecule has 9 aromatic rings. The number of para-hydroxylation sites is 3. The molecule has 0 radical (unpaired) electrons. The fourth-order valence-corrected chi connectivity index (χ4v) is 10.0. The third-order valence-corrected chi connectivity index (χ3v) is 12.4. The highest BCUT2D eigenvalue weighted by Gasteiger charge is 2.23. The lowest BCUT2D eigenvalue weighted by Gasteiger charge is -2.30. The van der Waals surface area contributed by atoms with Gasteiger partial charge in [-0.25, -0.2) is 0 Å². The summed E-state index contributed by atoms with van der Waals surface area (Å²) >= 11 is 3.78. The van der Waals surface area contributed by atoms with Gasteiger partial charge in [-0.1, -0.05) is 97.1 Å². The molecule has 0 N–H and O–H groups in total. The smallest absolute Gasteiger partial charge is 0.0476 e. The van der Waals surface area contributed by atoms with Crippen LogP contribution < -0.4 is 9.80 Å². The summed E-state index contributed by atoms with van der Waals surface area (Å²) in [6, 6.07) is 63.9. The van der Waals surface area contributed by atoms with Gasteiger partial charge in [0.1, 0.15) is 0 Å². The molecule has 0 aliphatic heterocycles. The van der Waals surface area contributed by atoms with E-state index >= 15 is 0 Å². The van der Waals surface area contributed by atoms with Crippen molar-refractivity contribution in [1.82, 2.24) is 0 Å². The van der Waals surface area contributed by atoms with Crippen molar-refractivity contribution >= 4 is 87.4 Å². The number of allylic oxidation sites excluding steroid dienone is 1. The van der Waals surface area contributed by atoms with Gasteiger partial charge in [0.05, 0.1) is 0 Å². The summed E-state index contributed by atoms with van der Waals surface area (Å²) in [5.74, 6) is 0. The molecule has 2 nitrogen and oxygen atoms in total. The van der Waals surface area contributed by atoms with Crippen LogP contribution in [0.3, 0.4) is 0 Å². The predicted octanol–water partition coefficient (Wildman–Crippen LogP) is 14.5. The molecule has 0 unspecified atom stereocenters. The lowest BCUT2D eigenvalue weighted by Crippen LogP contribution is -2.18. The van der Waals surface area contributed by atoms with Crippen LogP contribution in [0.15, 0.2) is 182 Å². The molecule has 10 rings (SSSR count). The van der Waals surface area contributed by atoms with Crippen LogP contribution in [0.2, 0.25) is 0 Å². The van der Waals surface area contributed by atoms with E-state index in [1.807, 2.05) is 22.7 Å². The molecule has 0 bridgehead atoms. The van der Waals surface area contributed by atoms with Crippen molar-refractivity contribution in [2.45, 2.75) is 12.8 Å². The van der Waals surface area contributed by atoms with Gasteiger partial charge in [0.15, 0.2) is 0 Å². The number of rotatable bonds is 7. The number of hydrogen-bond acceptors (Lipinski definition) is 4. The van der Waals surface area contributed by atoms with E-state index in [1.54, 1.807) is 0 Å². The first-order valence-electron chi connectivity index (χ1n) is 17.8. The Labute approximate surface area is 311 Å². The number of nitrogens with zero attached hydrogens (tertiary/aromatic N) is 2. The molecule has 0 saturated carbocycles. The van der Waals surface area contributed by atoms with E-state index in [4.69, 9.17) is 0 Å². The second kappa shape index (κ2) is 13.0. The summed E-state index contributed by atoms with van der Waals surface area (Å²) in [5, 5.41) is 3.97. The highest BCUT2D eigenvalue weighted by atomic mass is 32.1. The monoisotopic (exact) mass is 702 g/mol. The van der Waals surface area contributed by atoms with E-state index in [2.05, 4.69) is 192 Å². The fourth-order valence-electron chi connectivity index (χ4n) is 7.70. The summed E-state index contributed by atoms with van der Waals surface area (Å²) in [6.07, 6.45) is 4.44. The lowest BCUT2D eigenvalue weighted by molar-refractivity contribution is 0.906. The Balaban J connectivity index is 1.07. The van der Waals surface area contributed by atoms with Crippen molar-refractivity contribution < 1.29 is 0 Å². The Morgan fingerprint density at radius 2 is 0.923 bits per heavy atom. The number of benzene rings is 7. The van der Waals surface area contributed by atoms with Crippen LogP contribution >= 0.6 is 22.7 Å². The van der Waals surface area contributed by atoms with Gasteiger partial charge in [-0.15, -0.1) is 22.7 Å². The zero-order chi connectivity index (χ0) is 34.4. The lowest BCUT2D eigenvalue weighted by atomic mass is 9.97. The quantitative estimate of drug-likeness (QED) is 0.163. The van der Waals surface area contributed by atoms with E-state index in [-0.39, 0.29) is 0 Å². The van der Waals surface area contributed by atoms with Crippen LogP contribution in [0, 0.1) is 0 Å². The van der Waals surface area contributed by atoms with E-state index in [0.29, 0.717) is 0 Å². The van der Waals surface area contributed by atoms with Crippen LogP contribution in [-0.4, -0.2) is 0 Å². The third-order valence-electron chi connectivity index (χ3n) is 10.1. The number of fused-ring (bicyclic) bond motifs is 6. The first-order chi connectivity index (χ1) is 25.8. The summed E-state index contributed by atoms with van der Waals surface area (Å²) in [5.41, 5.74) is 11.1. The maximum absolute atomic E-state index is 2.43. The molecule has 0 atom stereocenters. The summed E-state index contributed by atoms with van der Waals surface area (Å²) in [4.78, 5) is 6.19. The van der Waals surface area contributed by atoms with Gasteiger partial charge in [-0.05, 0) is 120 Å². The van der Waals surface area contributed by atoms with Crippen LogP contribution in [-0.2, 0) is 6.42 Å². The van der Waals surface area contributed by atoms with Crippen LogP contribution in [0.4, 0.5) is 28.4 Å². The van der Waals surface area contributed by atoms with E-state index in [1.165, 1.54) is 74.6 Å². The molecule has 52 heavy (non-hydrogen) atoms. The first kappa shape index (κ1) is 30.8. The Kier molecular flexibility index (Phi) is 7.71. The van der Waals surface area contributed by atoms with Crippen molar-refractivity contribution in [1.29, 1.82) is 0 Å². The van der Waals surface area contributed by atoms with Gasteiger partial charge in [0, 0.05) is 63.9 Å². The van der Waals surface area contributed by atoms with Crippen molar-refractivity contribution in [3.63, 3.8) is 0 Å². The summed E-state index contributed by atoms with van der Waals surface area (Å²) in [6.45, 7) is 0. The Morgan fingerprint density at radius 3 is 1.60 bits per heavy atom. The first-order valence-corrected chi connectivity index (χ1v) is 19.4. The molecule has 0 fully saturated rings. The van der Waals surface area contributed by atoms with Crippen molar-refractivity contribution in [2.24, 2.45) is 0 Å². The van der Waals surface area contributed by atoms with Crippen molar-refractivity contribution in [3.8, 4) is 11.1 Å². The summed E-state index contributed by atoms with van der Waals surface area (Å²) in [7, 11) is 0. The van der Waals surface area contributed by atoms with Gasteiger partial charge in [0.25, 0.3) is 0 Å². The molecule has 0 spiro atoms. The zero-order valence-corrected chi connectivity index (χ0v) is 30.1. The minimum Gasteiger partial charge on any atom is -0.314 e. The maximum atomic E-state index is 2.43. The number of aryl methyl sites for hydroxylation is 1. The average Bonchev–Trinajstić information content (AvgIpc) is 3.76. The van der Waals surface area contributed by atoms with Gasteiger partial charge >= 0.3 is 0 Å². The average molecular weight is 703 g/mol. The molecule has 1 aliphatic rings. The van der Waals surface area contributed by atoms with Crippen molar-refractivity contribution in [3.05, 3.63) is 192 Å². The van der Waals surface area contributed by atoms with Gasteiger partial charge in [-0.3, -0.25) is 0 Å². The molecular weight excluding hydrogens is 669 g/mol. The molecule has 248 valence electrons. The number of thiophene rings is 2. The number of hydrogen-bond donors (Lipinski definition) is 0. The van der Waals surface area contributed by atoms with Crippen LogP contribution in [0.25, 0.3) is 47.5 Å². The molecule has 2 heterocycles. The van der Waals surface area contributed by atoms with Crippen LogP contribution in [0.1, 0.15) is 16.9 Å². The molecule has 4 heteroatoms. The third kappa shape index (κ3) is 5.48. The summed E-state index contributed by atoms with van der Waals surface area (Å²) < 4.78 is 3.94. The zero-order valence-electron chi connectivity index (χ0n) is 28.4. The maximum Gasteiger partial charge on any atom is 0.0476 e. The minimum atomic E-state index is 0.987. The molecule has 1 aliphatic carbocycles. The van der Waals surface area contributed by atoms with E-state index < -0.39 is 0 Å². The highest BCUT2D eigenvalue weighted by molar-refractivity contribution is 7.25. The van der Waals surface area contributed by atoms with E-state index in [0.717, 1.165) is 24.2 Å². The highest BCUT2D eigenvalue weighted by Crippen LogP contribution is 2.45. The molecule has 0 saturated heterocycles. The largest absolute Gasteiger partial charge is 0.314 e. The topological polar surface area (TPSA) is 6.48 Å². The van der Waals surface area contributed by atoms with Gasteiger partial charge < -0.3 is 9.80 Å². The fraction of sp³-hybridized carbons (Fsp3) is 0.0417. The van der Waals surface area contributed by atoms with Gasteiger partial charge in [-0.2, -0.15) is 0 Å². The molecule has 2 aromatic heterocycles. The second-order valence-corrected chi connectivity index (χ2v) is 15.5. The number of anilines is 5. The predicted molar refractivity (Wildman–Crippen MR) is 226 cm³/mol. The van der Waals surface area contributed by atoms with Gasteiger partial charge in [0.2, 0.25) is 0 Å². The Morgan fingerprint density at radius 1 is 0.365 bits per heavy atom. The molecule has 7 aromatic carbocycles. The Bertz CT molecular complexity index is 2690. The van der Waals surface area contributed by atoms with E-state index in [9.17, 15) is 0 Å². The second-order valence-electron chi connectivity index (χ2n) is 13.3. The van der Waals surface area contributed by atoms with Crippen LogP contribution in [0.5, 0.6) is 0 Å².